The third kappa shape index (κ3) is 4.80. The van der Waals surface area contributed by atoms with Gasteiger partial charge in [0.2, 0.25) is 0 Å². The van der Waals surface area contributed by atoms with Crippen molar-refractivity contribution in [2.45, 2.75) is 32.8 Å². The topological polar surface area (TPSA) is 123 Å². The van der Waals surface area contributed by atoms with Gasteiger partial charge >= 0.3 is 11.9 Å². The fourth-order valence-electron chi connectivity index (χ4n) is 2.14. The molecule has 0 saturated heterocycles. The average Bonchev–Trinajstić information content (AvgIpc) is 2.62. The van der Waals surface area contributed by atoms with Gasteiger partial charge in [0.15, 0.2) is 5.78 Å². The Bertz CT molecular complexity index is 703. The normalized spacial score (nSPS) is 10.6. The predicted molar refractivity (Wildman–Crippen MR) is 89.5 cm³/mol. The molecular weight excluding hydrogens is 342 g/mol. The Labute approximate surface area is 151 Å². The Kier molecular flexibility index (Phi) is 7.75. The van der Waals surface area contributed by atoms with Crippen LogP contribution in [0.4, 0.5) is 0 Å². The summed E-state index contributed by atoms with van der Waals surface area (Å²) in [7, 11) is 0. The van der Waals surface area contributed by atoms with E-state index in [0.717, 1.165) is 0 Å². The van der Waals surface area contributed by atoms with Gasteiger partial charge in [0.25, 0.3) is 5.60 Å². The third-order valence-electron chi connectivity index (χ3n) is 3.36. The quantitative estimate of drug-likeness (QED) is 0.397. The minimum atomic E-state index is -2.76. The molecule has 140 valence electrons. The maximum Gasteiger partial charge on any atom is 0.350 e. The highest BCUT2D eigenvalue weighted by Gasteiger charge is 2.49. The zero-order valence-electron chi connectivity index (χ0n) is 14.9. The zero-order chi connectivity index (χ0) is 19.7. The van der Waals surface area contributed by atoms with Crippen molar-refractivity contribution in [3.63, 3.8) is 0 Å². The van der Waals surface area contributed by atoms with Crippen LogP contribution in [-0.4, -0.2) is 48.3 Å². The van der Waals surface area contributed by atoms with Crippen molar-refractivity contribution in [3.05, 3.63) is 29.3 Å². The first-order valence-corrected chi connectivity index (χ1v) is 8.10. The molecule has 8 heteroatoms. The SMILES string of the molecule is CCOC(=O)C(O)(CC(=O)c1ccc(OCC)c(C#N)c1)C(=O)OCC. The Hall–Kier alpha value is -2.92. The smallest absolute Gasteiger partial charge is 0.350 e. The summed E-state index contributed by atoms with van der Waals surface area (Å²) in [4.78, 5) is 36.5. The molecule has 0 bridgehead atoms. The summed E-state index contributed by atoms with van der Waals surface area (Å²) in [6.07, 6.45) is -0.872. The molecule has 0 fully saturated rings. The van der Waals surface area contributed by atoms with E-state index in [0.29, 0.717) is 12.4 Å². The van der Waals surface area contributed by atoms with Gasteiger partial charge in [0, 0.05) is 5.56 Å². The van der Waals surface area contributed by atoms with Crippen LogP contribution in [-0.2, 0) is 19.1 Å². The molecule has 0 atom stereocenters. The summed E-state index contributed by atoms with van der Waals surface area (Å²) in [6, 6.07) is 5.98. The number of carbonyl (C=O) groups excluding carboxylic acids is 3. The van der Waals surface area contributed by atoms with E-state index in [2.05, 4.69) is 0 Å². The molecule has 0 saturated carbocycles. The zero-order valence-corrected chi connectivity index (χ0v) is 14.9. The molecule has 0 amide bonds. The Morgan fingerprint density at radius 2 is 1.65 bits per heavy atom. The number of hydrogen-bond acceptors (Lipinski definition) is 8. The van der Waals surface area contributed by atoms with Crippen LogP contribution >= 0.6 is 0 Å². The van der Waals surface area contributed by atoms with Gasteiger partial charge in [-0.2, -0.15) is 5.26 Å². The third-order valence-corrected chi connectivity index (χ3v) is 3.36. The minimum absolute atomic E-state index is 0.0389. The van der Waals surface area contributed by atoms with Crippen molar-refractivity contribution in [3.8, 4) is 11.8 Å². The first-order valence-electron chi connectivity index (χ1n) is 8.10. The van der Waals surface area contributed by atoms with Crippen molar-refractivity contribution >= 4 is 17.7 Å². The Morgan fingerprint density at radius 3 is 2.12 bits per heavy atom. The highest BCUT2D eigenvalue weighted by atomic mass is 16.6. The standard InChI is InChI=1S/C18H21NO7/c1-4-24-15-8-7-12(9-13(15)11-19)14(20)10-18(23,16(21)25-5-2)17(22)26-6-3/h7-9,23H,4-6,10H2,1-3H3. The van der Waals surface area contributed by atoms with E-state index in [9.17, 15) is 19.5 Å². The molecule has 1 rings (SSSR count). The van der Waals surface area contributed by atoms with Crippen LogP contribution in [0.1, 0.15) is 43.1 Å². The summed E-state index contributed by atoms with van der Waals surface area (Å²) in [5.74, 6) is -2.96. The number of rotatable bonds is 9. The van der Waals surface area contributed by atoms with Gasteiger partial charge < -0.3 is 19.3 Å². The van der Waals surface area contributed by atoms with Crippen LogP contribution in [0, 0.1) is 11.3 Å². The lowest BCUT2D eigenvalue weighted by atomic mass is 9.93. The van der Waals surface area contributed by atoms with Gasteiger partial charge in [-0.3, -0.25) is 4.79 Å². The van der Waals surface area contributed by atoms with Gasteiger partial charge in [-0.25, -0.2) is 9.59 Å². The number of ether oxygens (including phenoxy) is 3. The maximum absolute atomic E-state index is 12.5. The number of ketones is 1. The molecule has 0 aliphatic rings. The molecule has 0 heterocycles. The van der Waals surface area contributed by atoms with E-state index in [-0.39, 0.29) is 24.3 Å². The number of aliphatic hydroxyl groups is 1. The van der Waals surface area contributed by atoms with Crippen LogP contribution in [0.2, 0.25) is 0 Å². The molecule has 0 spiro atoms. The van der Waals surface area contributed by atoms with Gasteiger partial charge in [-0.1, -0.05) is 0 Å². The minimum Gasteiger partial charge on any atom is -0.492 e. The second kappa shape index (κ2) is 9.53. The fraction of sp³-hybridized carbons (Fsp3) is 0.444. The van der Waals surface area contributed by atoms with Crippen LogP contribution in [0.15, 0.2) is 18.2 Å². The van der Waals surface area contributed by atoms with E-state index in [4.69, 9.17) is 19.5 Å². The summed E-state index contributed by atoms with van der Waals surface area (Å²) >= 11 is 0. The average molecular weight is 363 g/mol. The number of Topliss-reactive ketones (excluding diaryl/α,β-unsaturated/α-hetero) is 1. The van der Waals surface area contributed by atoms with Crippen molar-refractivity contribution in [2.24, 2.45) is 0 Å². The summed E-state index contributed by atoms with van der Waals surface area (Å²) < 4.78 is 14.7. The number of carbonyl (C=O) groups is 3. The maximum atomic E-state index is 12.5. The molecule has 1 aromatic carbocycles. The lowest BCUT2D eigenvalue weighted by Crippen LogP contribution is -2.50. The lowest BCUT2D eigenvalue weighted by molar-refractivity contribution is -0.182. The van der Waals surface area contributed by atoms with Gasteiger partial charge in [0.1, 0.15) is 11.8 Å². The van der Waals surface area contributed by atoms with E-state index in [1.165, 1.54) is 32.0 Å². The molecule has 8 nitrogen and oxygen atoms in total. The number of hydrogen-bond donors (Lipinski definition) is 1. The fourth-order valence-corrected chi connectivity index (χ4v) is 2.14. The van der Waals surface area contributed by atoms with Crippen LogP contribution < -0.4 is 4.74 Å². The number of esters is 2. The van der Waals surface area contributed by atoms with Crippen molar-refractivity contribution in [2.75, 3.05) is 19.8 Å². The summed E-state index contributed by atoms with van der Waals surface area (Å²) in [5, 5.41) is 19.6. The first kappa shape index (κ1) is 21.1. The summed E-state index contributed by atoms with van der Waals surface area (Å²) in [6.45, 7) is 4.91. The number of nitriles is 1. The number of nitrogens with zero attached hydrogens (tertiary/aromatic N) is 1. The molecule has 0 aliphatic heterocycles. The molecule has 26 heavy (non-hydrogen) atoms. The monoisotopic (exact) mass is 363 g/mol. The molecule has 0 aromatic heterocycles. The molecule has 0 unspecified atom stereocenters. The predicted octanol–water partition coefficient (Wildman–Crippen LogP) is 1.39. The van der Waals surface area contributed by atoms with Crippen molar-refractivity contribution < 1.29 is 33.7 Å². The van der Waals surface area contributed by atoms with Gasteiger partial charge in [-0.15, -0.1) is 0 Å². The molecule has 0 radical (unpaired) electrons. The van der Waals surface area contributed by atoms with E-state index >= 15 is 0 Å². The van der Waals surface area contributed by atoms with Crippen LogP contribution in [0.3, 0.4) is 0 Å². The second-order valence-corrected chi connectivity index (χ2v) is 5.16. The second-order valence-electron chi connectivity index (χ2n) is 5.16. The van der Waals surface area contributed by atoms with E-state index in [1.54, 1.807) is 6.92 Å². The molecule has 0 aliphatic carbocycles. The lowest BCUT2D eigenvalue weighted by Gasteiger charge is -2.23. The number of benzene rings is 1. The van der Waals surface area contributed by atoms with Gasteiger partial charge in [-0.05, 0) is 39.0 Å². The molecule has 1 aromatic rings. The van der Waals surface area contributed by atoms with Crippen LogP contribution in [0.25, 0.3) is 0 Å². The Balaban J connectivity index is 3.15. The highest BCUT2D eigenvalue weighted by molar-refractivity contribution is 6.10. The molecule has 1 N–H and O–H groups in total. The molecular formula is C18H21NO7. The summed E-state index contributed by atoms with van der Waals surface area (Å²) in [5.41, 5.74) is -2.60. The highest BCUT2D eigenvalue weighted by Crippen LogP contribution is 2.23. The van der Waals surface area contributed by atoms with Crippen LogP contribution in [0.5, 0.6) is 5.75 Å². The van der Waals surface area contributed by atoms with E-state index < -0.39 is 29.7 Å². The van der Waals surface area contributed by atoms with Crippen molar-refractivity contribution in [1.29, 1.82) is 5.26 Å². The Morgan fingerprint density at radius 1 is 1.08 bits per heavy atom. The largest absolute Gasteiger partial charge is 0.492 e. The van der Waals surface area contributed by atoms with E-state index in [1.807, 2.05) is 6.07 Å². The van der Waals surface area contributed by atoms with Gasteiger partial charge in [0.05, 0.1) is 31.8 Å². The first-order chi connectivity index (χ1) is 12.3. The van der Waals surface area contributed by atoms with Crippen molar-refractivity contribution in [1.82, 2.24) is 0 Å².